The molecule has 3 aromatic heterocycles. The van der Waals surface area contributed by atoms with Gasteiger partial charge in [-0.25, -0.2) is 14.6 Å². The summed E-state index contributed by atoms with van der Waals surface area (Å²) in [6.07, 6.45) is 7.41. The van der Waals surface area contributed by atoms with Crippen LogP contribution in [0, 0.1) is 0 Å². The fourth-order valence-electron chi connectivity index (χ4n) is 3.19. The Morgan fingerprint density at radius 3 is 2.55 bits per heavy atom. The molecule has 0 fully saturated rings. The molecular formula is C23H18N6. The molecule has 5 rings (SSSR count). The fourth-order valence-corrected chi connectivity index (χ4v) is 3.19. The lowest BCUT2D eigenvalue weighted by Crippen LogP contribution is -2.04. The van der Waals surface area contributed by atoms with Crippen LogP contribution in [0.2, 0.25) is 0 Å². The highest BCUT2D eigenvalue weighted by Crippen LogP contribution is 2.25. The maximum atomic E-state index is 4.76. The lowest BCUT2D eigenvalue weighted by Gasteiger charge is -2.10. The van der Waals surface area contributed by atoms with E-state index in [9.17, 15) is 0 Å². The van der Waals surface area contributed by atoms with Crippen molar-refractivity contribution in [3.05, 3.63) is 97.1 Å². The molecule has 0 aliphatic heterocycles. The van der Waals surface area contributed by atoms with E-state index >= 15 is 0 Å². The molecule has 0 spiro atoms. The zero-order valence-electron chi connectivity index (χ0n) is 15.6. The number of aromatic nitrogens is 5. The van der Waals surface area contributed by atoms with Crippen molar-refractivity contribution in [2.75, 3.05) is 5.32 Å². The summed E-state index contributed by atoms with van der Waals surface area (Å²) < 4.78 is 1.87. The summed E-state index contributed by atoms with van der Waals surface area (Å²) in [5.41, 5.74) is 3.88. The third-order valence-electron chi connectivity index (χ3n) is 4.64. The molecule has 0 saturated carbocycles. The van der Waals surface area contributed by atoms with Gasteiger partial charge in [-0.3, -0.25) is 4.98 Å². The lowest BCUT2D eigenvalue weighted by atomic mass is 10.2. The summed E-state index contributed by atoms with van der Waals surface area (Å²) in [6, 6.07) is 21.9. The van der Waals surface area contributed by atoms with Crippen LogP contribution in [0.5, 0.6) is 0 Å². The Bertz CT molecular complexity index is 1250. The number of hydrogen-bond donors (Lipinski definition) is 1. The van der Waals surface area contributed by atoms with Crippen LogP contribution in [0.3, 0.4) is 0 Å². The van der Waals surface area contributed by atoms with Gasteiger partial charge < -0.3 is 5.32 Å². The summed E-state index contributed by atoms with van der Waals surface area (Å²) in [7, 11) is 0. The van der Waals surface area contributed by atoms with Crippen molar-refractivity contribution in [1.29, 1.82) is 0 Å². The van der Waals surface area contributed by atoms with Crippen molar-refractivity contribution < 1.29 is 0 Å². The molecule has 1 N–H and O–H groups in total. The Labute approximate surface area is 167 Å². The van der Waals surface area contributed by atoms with Gasteiger partial charge in [0.15, 0.2) is 5.82 Å². The number of nitrogens with one attached hydrogen (secondary N) is 1. The average Bonchev–Trinajstić information content (AvgIpc) is 3.27. The molecule has 0 unspecified atom stereocenters. The van der Waals surface area contributed by atoms with Gasteiger partial charge in [-0.2, -0.15) is 5.10 Å². The summed E-state index contributed by atoms with van der Waals surface area (Å²) >= 11 is 0. The van der Waals surface area contributed by atoms with Crippen LogP contribution in [-0.4, -0.2) is 24.7 Å². The number of rotatable bonds is 5. The minimum absolute atomic E-state index is 0.611. The standard InChI is InChI=1S/C23H18N6/c1-2-8-19(9-3-1)29-16-17(14-26-29)13-25-23-20-10-4-5-11-21(20)27-22(28-23)18-7-6-12-24-15-18/h1-12,14-16H,13H2,(H,25,27,28). The van der Waals surface area contributed by atoms with Gasteiger partial charge in [0.05, 0.1) is 17.4 Å². The molecule has 3 heterocycles. The lowest BCUT2D eigenvalue weighted by molar-refractivity contribution is 0.880. The van der Waals surface area contributed by atoms with Crippen molar-refractivity contribution in [3.63, 3.8) is 0 Å². The maximum Gasteiger partial charge on any atom is 0.163 e. The number of pyridine rings is 1. The third kappa shape index (κ3) is 3.55. The molecule has 29 heavy (non-hydrogen) atoms. The smallest absolute Gasteiger partial charge is 0.163 e. The highest BCUT2D eigenvalue weighted by molar-refractivity contribution is 5.90. The first-order chi connectivity index (χ1) is 14.4. The number of benzene rings is 2. The van der Waals surface area contributed by atoms with Crippen LogP contribution in [0.1, 0.15) is 5.56 Å². The van der Waals surface area contributed by atoms with Crippen LogP contribution in [-0.2, 0) is 6.54 Å². The largest absolute Gasteiger partial charge is 0.365 e. The van der Waals surface area contributed by atoms with Crippen LogP contribution >= 0.6 is 0 Å². The topological polar surface area (TPSA) is 68.5 Å². The minimum atomic E-state index is 0.611. The molecule has 6 heteroatoms. The minimum Gasteiger partial charge on any atom is -0.365 e. The van der Waals surface area contributed by atoms with Crippen molar-refractivity contribution >= 4 is 16.7 Å². The van der Waals surface area contributed by atoms with Gasteiger partial charge in [0.1, 0.15) is 5.82 Å². The van der Waals surface area contributed by atoms with Crippen LogP contribution < -0.4 is 5.32 Å². The van der Waals surface area contributed by atoms with Gasteiger partial charge in [-0.05, 0) is 36.4 Å². The molecule has 5 aromatic rings. The highest BCUT2D eigenvalue weighted by Gasteiger charge is 2.10. The normalized spacial score (nSPS) is 10.9. The Morgan fingerprint density at radius 1 is 0.828 bits per heavy atom. The van der Waals surface area contributed by atoms with Gasteiger partial charge in [0.25, 0.3) is 0 Å². The van der Waals surface area contributed by atoms with E-state index in [0.29, 0.717) is 12.4 Å². The predicted molar refractivity (Wildman–Crippen MR) is 114 cm³/mol. The fraction of sp³-hybridized carbons (Fsp3) is 0.0435. The van der Waals surface area contributed by atoms with Gasteiger partial charge in [0.2, 0.25) is 0 Å². The molecule has 0 atom stereocenters. The average molecular weight is 378 g/mol. The van der Waals surface area contributed by atoms with E-state index in [0.717, 1.165) is 33.5 Å². The van der Waals surface area contributed by atoms with Gasteiger partial charge in [0, 0.05) is 41.6 Å². The van der Waals surface area contributed by atoms with Crippen LogP contribution in [0.25, 0.3) is 28.0 Å². The van der Waals surface area contributed by atoms with Crippen molar-refractivity contribution in [1.82, 2.24) is 24.7 Å². The number of nitrogens with zero attached hydrogens (tertiary/aromatic N) is 5. The summed E-state index contributed by atoms with van der Waals surface area (Å²) in [4.78, 5) is 13.6. The second-order valence-electron chi connectivity index (χ2n) is 6.64. The molecule has 0 aliphatic rings. The second kappa shape index (κ2) is 7.52. The molecule has 2 aromatic carbocycles. The second-order valence-corrected chi connectivity index (χ2v) is 6.64. The summed E-state index contributed by atoms with van der Waals surface area (Å²) in [5.74, 6) is 1.45. The third-order valence-corrected chi connectivity index (χ3v) is 4.64. The Morgan fingerprint density at radius 2 is 1.69 bits per heavy atom. The van der Waals surface area contributed by atoms with E-state index in [1.807, 2.05) is 83.8 Å². The van der Waals surface area contributed by atoms with Crippen molar-refractivity contribution in [3.8, 4) is 17.1 Å². The molecule has 140 valence electrons. The summed E-state index contributed by atoms with van der Waals surface area (Å²) in [5, 5.41) is 8.90. The van der Waals surface area contributed by atoms with E-state index < -0.39 is 0 Å². The first-order valence-electron chi connectivity index (χ1n) is 9.37. The number of hydrogen-bond acceptors (Lipinski definition) is 5. The monoisotopic (exact) mass is 378 g/mol. The molecule has 0 aliphatic carbocycles. The summed E-state index contributed by atoms with van der Waals surface area (Å²) in [6.45, 7) is 0.611. The SMILES string of the molecule is c1ccc(-n2cc(CNc3nc(-c4cccnc4)nc4ccccc34)cn2)cc1. The maximum absolute atomic E-state index is 4.76. The zero-order chi connectivity index (χ0) is 19.5. The predicted octanol–water partition coefficient (Wildman–Crippen LogP) is 4.49. The molecule has 0 saturated heterocycles. The van der Waals surface area contributed by atoms with E-state index in [-0.39, 0.29) is 0 Å². The number of para-hydroxylation sites is 2. The van der Waals surface area contributed by atoms with Gasteiger partial charge in [-0.1, -0.05) is 30.3 Å². The van der Waals surface area contributed by atoms with Crippen molar-refractivity contribution in [2.45, 2.75) is 6.54 Å². The van der Waals surface area contributed by atoms with E-state index in [1.54, 1.807) is 12.4 Å². The molecule has 0 bridgehead atoms. The van der Waals surface area contributed by atoms with Gasteiger partial charge in [-0.15, -0.1) is 0 Å². The highest BCUT2D eigenvalue weighted by atomic mass is 15.3. The Kier molecular flexibility index (Phi) is 4.42. The number of anilines is 1. The Hall–Kier alpha value is -4.06. The quantitative estimate of drug-likeness (QED) is 0.488. The number of fused-ring (bicyclic) bond motifs is 1. The molecular weight excluding hydrogens is 360 g/mol. The first kappa shape index (κ1) is 17.1. The van der Waals surface area contributed by atoms with Gasteiger partial charge >= 0.3 is 0 Å². The van der Waals surface area contributed by atoms with E-state index in [1.165, 1.54) is 0 Å². The first-order valence-corrected chi connectivity index (χ1v) is 9.37. The van der Waals surface area contributed by atoms with E-state index in [2.05, 4.69) is 15.4 Å². The molecule has 6 nitrogen and oxygen atoms in total. The van der Waals surface area contributed by atoms with Crippen molar-refractivity contribution in [2.24, 2.45) is 0 Å². The molecule has 0 radical (unpaired) electrons. The van der Waals surface area contributed by atoms with Crippen LogP contribution in [0.15, 0.2) is 91.5 Å². The van der Waals surface area contributed by atoms with Crippen LogP contribution in [0.4, 0.5) is 5.82 Å². The molecule has 0 amide bonds. The Balaban J connectivity index is 1.45. The van der Waals surface area contributed by atoms with E-state index in [4.69, 9.17) is 9.97 Å². The zero-order valence-corrected chi connectivity index (χ0v) is 15.6.